The first-order chi connectivity index (χ1) is 8.43. The lowest BCUT2D eigenvalue weighted by Crippen LogP contribution is -2.14. The zero-order valence-corrected chi connectivity index (χ0v) is 11.4. The van der Waals surface area contributed by atoms with Crippen molar-refractivity contribution in [1.82, 2.24) is 4.98 Å². The monoisotopic (exact) mass is 258 g/mol. The fourth-order valence-electron chi connectivity index (χ4n) is 1.70. The first kappa shape index (κ1) is 12.6. The molecule has 2 aromatic heterocycles. The van der Waals surface area contributed by atoms with E-state index in [0.717, 1.165) is 11.3 Å². The number of furan rings is 1. The molecule has 2 aromatic rings. The standard InChI is InChI=1S/C14H14N2OS/c1-14(2,3)12-7-9(11-5-4-6-17-11)10(8-15)13(18)16-12/h4-7H,1-3H3,(H,16,18). The van der Waals surface area contributed by atoms with Gasteiger partial charge in [0.15, 0.2) is 0 Å². The van der Waals surface area contributed by atoms with Gasteiger partial charge in [0.1, 0.15) is 16.5 Å². The number of aromatic nitrogens is 1. The van der Waals surface area contributed by atoms with Crippen LogP contribution < -0.4 is 0 Å². The first-order valence-electron chi connectivity index (χ1n) is 5.65. The van der Waals surface area contributed by atoms with Gasteiger partial charge in [-0.25, -0.2) is 0 Å². The van der Waals surface area contributed by atoms with Crippen molar-refractivity contribution in [2.45, 2.75) is 26.2 Å². The van der Waals surface area contributed by atoms with Crippen molar-refractivity contribution in [3.63, 3.8) is 0 Å². The third kappa shape index (κ3) is 2.22. The second-order valence-electron chi connectivity index (χ2n) is 5.14. The van der Waals surface area contributed by atoms with Gasteiger partial charge in [-0.3, -0.25) is 0 Å². The van der Waals surface area contributed by atoms with E-state index >= 15 is 0 Å². The second kappa shape index (κ2) is 4.43. The van der Waals surface area contributed by atoms with Gasteiger partial charge in [-0.05, 0) is 18.2 Å². The summed E-state index contributed by atoms with van der Waals surface area (Å²) < 4.78 is 5.83. The largest absolute Gasteiger partial charge is 0.464 e. The molecule has 2 heterocycles. The summed E-state index contributed by atoms with van der Waals surface area (Å²) in [4.78, 5) is 3.12. The molecule has 0 amide bonds. The third-order valence-corrected chi connectivity index (χ3v) is 3.05. The van der Waals surface area contributed by atoms with Crippen molar-refractivity contribution in [3.05, 3.63) is 40.4 Å². The summed E-state index contributed by atoms with van der Waals surface area (Å²) in [6.45, 7) is 6.27. The number of rotatable bonds is 1. The zero-order chi connectivity index (χ0) is 13.3. The SMILES string of the molecule is CC(C)(C)c1cc(-c2ccco2)c(C#N)c(=S)[nH]1. The highest BCUT2D eigenvalue weighted by molar-refractivity contribution is 7.71. The van der Waals surface area contributed by atoms with Gasteiger partial charge in [-0.1, -0.05) is 33.0 Å². The topological polar surface area (TPSA) is 52.7 Å². The second-order valence-corrected chi connectivity index (χ2v) is 5.55. The molecule has 0 saturated carbocycles. The molecule has 0 bridgehead atoms. The van der Waals surface area contributed by atoms with E-state index in [2.05, 4.69) is 31.8 Å². The molecule has 18 heavy (non-hydrogen) atoms. The fraction of sp³-hybridized carbons (Fsp3) is 0.286. The predicted octanol–water partition coefficient (Wildman–Crippen LogP) is 4.17. The Morgan fingerprint density at radius 3 is 2.61 bits per heavy atom. The maximum Gasteiger partial charge on any atom is 0.135 e. The molecule has 0 aliphatic heterocycles. The minimum Gasteiger partial charge on any atom is -0.464 e. The maximum absolute atomic E-state index is 9.21. The van der Waals surface area contributed by atoms with E-state index in [9.17, 15) is 5.26 Å². The van der Waals surface area contributed by atoms with Crippen LogP contribution in [0.3, 0.4) is 0 Å². The van der Waals surface area contributed by atoms with Crippen molar-refractivity contribution < 1.29 is 4.42 Å². The number of nitrogens with one attached hydrogen (secondary N) is 1. The Labute approximate surface area is 111 Å². The number of hydrogen-bond donors (Lipinski definition) is 1. The number of H-pyrrole nitrogens is 1. The molecule has 0 aliphatic carbocycles. The molecule has 0 aromatic carbocycles. The zero-order valence-electron chi connectivity index (χ0n) is 10.6. The summed E-state index contributed by atoms with van der Waals surface area (Å²) in [7, 11) is 0. The molecule has 0 aliphatic rings. The lowest BCUT2D eigenvalue weighted by molar-refractivity contribution is 0.564. The van der Waals surface area contributed by atoms with Crippen LogP contribution in [0.1, 0.15) is 32.0 Å². The van der Waals surface area contributed by atoms with Crippen LogP contribution in [0.15, 0.2) is 28.9 Å². The van der Waals surface area contributed by atoms with E-state index in [0.29, 0.717) is 16.0 Å². The molecular weight excluding hydrogens is 244 g/mol. The molecule has 0 fully saturated rings. The number of nitriles is 1. The molecule has 3 nitrogen and oxygen atoms in total. The Morgan fingerprint density at radius 1 is 1.39 bits per heavy atom. The van der Waals surface area contributed by atoms with Crippen molar-refractivity contribution in [3.8, 4) is 17.4 Å². The van der Waals surface area contributed by atoms with E-state index in [-0.39, 0.29) is 5.41 Å². The Balaban J connectivity index is 2.75. The van der Waals surface area contributed by atoms with E-state index in [1.54, 1.807) is 12.3 Å². The summed E-state index contributed by atoms with van der Waals surface area (Å²) in [5.74, 6) is 0.664. The third-order valence-electron chi connectivity index (χ3n) is 2.74. The first-order valence-corrected chi connectivity index (χ1v) is 6.06. The highest BCUT2D eigenvalue weighted by Gasteiger charge is 2.19. The Morgan fingerprint density at radius 2 is 2.11 bits per heavy atom. The molecular formula is C14H14N2OS. The van der Waals surface area contributed by atoms with E-state index in [1.807, 2.05) is 12.1 Å². The Kier molecular flexibility index (Phi) is 3.10. The van der Waals surface area contributed by atoms with Crippen molar-refractivity contribution in [2.75, 3.05) is 0 Å². The highest BCUT2D eigenvalue weighted by Crippen LogP contribution is 2.29. The smallest absolute Gasteiger partial charge is 0.135 e. The molecule has 0 unspecified atom stereocenters. The predicted molar refractivity (Wildman–Crippen MR) is 72.7 cm³/mol. The number of hydrogen-bond acceptors (Lipinski definition) is 3. The number of aromatic amines is 1. The number of nitrogens with zero attached hydrogens (tertiary/aromatic N) is 1. The maximum atomic E-state index is 9.21. The summed E-state index contributed by atoms with van der Waals surface area (Å²) in [5, 5.41) is 9.21. The van der Waals surface area contributed by atoms with Crippen molar-refractivity contribution in [1.29, 1.82) is 5.26 Å². The van der Waals surface area contributed by atoms with Gasteiger partial charge in [-0.2, -0.15) is 5.26 Å². The van der Waals surface area contributed by atoms with Gasteiger partial charge in [0.2, 0.25) is 0 Å². The van der Waals surface area contributed by atoms with E-state index in [4.69, 9.17) is 16.6 Å². The normalized spacial score (nSPS) is 11.2. The van der Waals surface area contributed by atoms with Gasteiger partial charge in [0.25, 0.3) is 0 Å². The van der Waals surface area contributed by atoms with Gasteiger partial charge in [-0.15, -0.1) is 0 Å². The lowest BCUT2D eigenvalue weighted by atomic mass is 9.90. The van der Waals surface area contributed by atoms with Gasteiger partial charge in [0.05, 0.1) is 11.8 Å². The molecule has 0 saturated heterocycles. The quantitative estimate of drug-likeness (QED) is 0.781. The van der Waals surface area contributed by atoms with Crippen LogP contribution in [-0.2, 0) is 5.41 Å². The van der Waals surface area contributed by atoms with Crippen LogP contribution in [0.25, 0.3) is 11.3 Å². The van der Waals surface area contributed by atoms with E-state index in [1.165, 1.54) is 0 Å². The van der Waals surface area contributed by atoms with Gasteiger partial charge in [0, 0.05) is 16.7 Å². The molecule has 92 valence electrons. The van der Waals surface area contributed by atoms with Gasteiger partial charge < -0.3 is 9.40 Å². The van der Waals surface area contributed by atoms with Crippen LogP contribution in [0.2, 0.25) is 0 Å². The molecule has 1 N–H and O–H groups in total. The number of pyridine rings is 1. The average molecular weight is 258 g/mol. The minimum atomic E-state index is -0.0666. The Hall–Kier alpha value is -1.86. The van der Waals surface area contributed by atoms with Crippen LogP contribution in [0.4, 0.5) is 0 Å². The van der Waals surface area contributed by atoms with Crippen molar-refractivity contribution >= 4 is 12.2 Å². The molecule has 0 atom stereocenters. The Bertz CT molecular complexity index is 655. The molecule has 4 heteroatoms. The van der Waals surface area contributed by atoms with Crippen LogP contribution >= 0.6 is 12.2 Å². The van der Waals surface area contributed by atoms with E-state index < -0.39 is 0 Å². The van der Waals surface area contributed by atoms with Crippen LogP contribution in [-0.4, -0.2) is 4.98 Å². The van der Waals surface area contributed by atoms with Crippen LogP contribution in [0.5, 0.6) is 0 Å². The lowest BCUT2D eigenvalue weighted by Gasteiger charge is -2.19. The highest BCUT2D eigenvalue weighted by atomic mass is 32.1. The summed E-state index contributed by atoms with van der Waals surface area (Å²) in [5.41, 5.74) is 2.12. The summed E-state index contributed by atoms with van der Waals surface area (Å²) in [6, 6.07) is 7.70. The molecule has 0 spiro atoms. The fourth-order valence-corrected chi connectivity index (χ4v) is 1.97. The average Bonchev–Trinajstić information content (AvgIpc) is 2.79. The minimum absolute atomic E-state index is 0.0666. The molecule has 0 radical (unpaired) electrons. The van der Waals surface area contributed by atoms with Gasteiger partial charge >= 0.3 is 0 Å². The van der Waals surface area contributed by atoms with Crippen molar-refractivity contribution in [2.24, 2.45) is 0 Å². The molecule has 2 rings (SSSR count). The van der Waals surface area contributed by atoms with Crippen LogP contribution in [0, 0.1) is 16.0 Å². The summed E-state index contributed by atoms with van der Waals surface area (Å²) >= 11 is 5.25. The summed E-state index contributed by atoms with van der Waals surface area (Å²) in [6.07, 6.45) is 1.59.